The Kier molecular flexibility index (Phi) is 3.97. The molecule has 2 heteroatoms. The molecule has 1 aromatic carbocycles. The highest BCUT2D eigenvalue weighted by Gasteiger charge is 2.00. The highest BCUT2D eigenvalue weighted by atomic mass is 35.5. The Morgan fingerprint density at radius 3 is 2.85 bits per heavy atom. The molecular formula is C11H13ClO. The lowest BCUT2D eigenvalue weighted by Gasteiger charge is -2.03. The molecule has 1 nitrogen and oxygen atoms in total. The summed E-state index contributed by atoms with van der Waals surface area (Å²) < 4.78 is 0. The number of rotatable bonds is 4. The van der Waals surface area contributed by atoms with Crippen LogP contribution in [0.4, 0.5) is 0 Å². The van der Waals surface area contributed by atoms with Gasteiger partial charge in [0.25, 0.3) is 0 Å². The van der Waals surface area contributed by atoms with Crippen molar-refractivity contribution in [1.82, 2.24) is 0 Å². The number of aryl methyl sites for hydroxylation is 2. The van der Waals surface area contributed by atoms with Crippen molar-refractivity contribution < 1.29 is 4.79 Å². The van der Waals surface area contributed by atoms with Gasteiger partial charge in [-0.15, -0.1) is 11.6 Å². The molecule has 0 aromatic heterocycles. The maximum atomic E-state index is 10.7. The van der Waals surface area contributed by atoms with Gasteiger partial charge in [-0.25, -0.2) is 0 Å². The minimum Gasteiger partial charge on any atom is -0.298 e. The number of halogens is 1. The normalized spacial score (nSPS) is 10.0. The molecule has 0 aliphatic rings. The van der Waals surface area contributed by atoms with E-state index in [9.17, 15) is 4.79 Å². The first kappa shape index (κ1) is 10.3. The summed E-state index contributed by atoms with van der Waals surface area (Å²) in [4.78, 5) is 10.7. The van der Waals surface area contributed by atoms with Crippen LogP contribution < -0.4 is 0 Å². The van der Waals surface area contributed by atoms with Crippen LogP contribution in [0.3, 0.4) is 0 Å². The first-order valence-corrected chi connectivity index (χ1v) is 4.92. The van der Waals surface area contributed by atoms with E-state index in [1.165, 1.54) is 0 Å². The van der Waals surface area contributed by atoms with Crippen LogP contribution in [-0.2, 0) is 6.42 Å². The first-order chi connectivity index (χ1) is 6.27. The summed E-state index contributed by atoms with van der Waals surface area (Å²) in [6.07, 6.45) is 2.72. The van der Waals surface area contributed by atoms with Gasteiger partial charge >= 0.3 is 0 Å². The number of benzene rings is 1. The van der Waals surface area contributed by atoms with E-state index in [4.69, 9.17) is 11.6 Å². The van der Waals surface area contributed by atoms with E-state index >= 15 is 0 Å². The second kappa shape index (κ2) is 5.03. The molecule has 0 fully saturated rings. The molecule has 0 radical (unpaired) electrons. The fourth-order valence-electron chi connectivity index (χ4n) is 1.31. The van der Waals surface area contributed by atoms with Crippen molar-refractivity contribution in [3.8, 4) is 0 Å². The number of hydrogen-bond acceptors (Lipinski definition) is 1. The van der Waals surface area contributed by atoms with Crippen LogP contribution in [0.5, 0.6) is 0 Å². The van der Waals surface area contributed by atoms with E-state index < -0.39 is 0 Å². The van der Waals surface area contributed by atoms with Crippen LogP contribution in [0.1, 0.15) is 27.9 Å². The van der Waals surface area contributed by atoms with Gasteiger partial charge in [0.05, 0.1) is 0 Å². The Hall–Kier alpha value is -0.820. The van der Waals surface area contributed by atoms with Crippen molar-refractivity contribution in [1.29, 1.82) is 0 Å². The summed E-state index contributed by atoms with van der Waals surface area (Å²) in [5.74, 6) is 0.645. The molecular weight excluding hydrogens is 184 g/mol. The second-order valence-corrected chi connectivity index (χ2v) is 3.49. The maximum Gasteiger partial charge on any atom is 0.150 e. The maximum absolute atomic E-state index is 10.7. The highest BCUT2D eigenvalue weighted by Crippen LogP contribution is 2.12. The van der Waals surface area contributed by atoms with Gasteiger partial charge in [0.1, 0.15) is 6.29 Å². The van der Waals surface area contributed by atoms with E-state index in [-0.39, 0.29) is 0 Å². The van der Waals surface area contributed by atoms with Crippen LogP contribution in [-0.4, -0.2) is 12.2 Å². The Labute approximate surface area is 83.7 Å². The molecule has 0 saturated heterocycles. The molecule has 0 aliphatic heterocycles. The van der Waals surface area contributed by atoms with Gasteiger partial charge in [-0.3, -0.25) is 4.79 Å². The van der Waals surface area contributed by atoms with Gasteiger partial charge in [0, 0.05) is 11.4 Å². The molecule has 0 aliphatic carbocycles. The Morgan fingerprint density at radius 1 is 1.46 bits per heavy atom. The molecule has 0 bridgehead atoms. The Morgan fingerprint density at radius 2 is 2.23 bits per heavy atom. The SMILES string of the molecule is Cc1ccc(CCCCl)c(C=O)c1. The van der Waals surface area contributed by atoms with E-state index in [0.717, 1.165) is 35.8 Å². The minimum atomic E-state index is 0.645. The molecule has 0 amide bonds. The number of aldehydes is 1. The molecule has 0 N–H and O–H groups in total. The molecule has 70 valence electrons. The van der Waals surface area contributed by atoms with Gasteiger partial charge in [0.15, 0.2) is 0 Å². The van der Waals surface area contributed by atoms with E-state index in [0.29, 0.717) is 5.88 Å². The van der Waals surface area contributed by atoms with Crippen LogP contribution in [0.25, 0.3) is 0 Å². The third-order valence-corrected chi connectivity index (χ3v) is 2.28. The Bertz CT molecular complexity index is 294. The summed E-state index contributed by atoms with van der Waals surface area (Å²) in [5, 5.41) is 0. The predicted molar refractivity (Wildman–Crippen MR) is 55.6 cm³/mol. The molecule has 13 heavy (non-hydrogen) atoms. The topological polar surface area (TPSA) is 17.1 Å². The summed E-state index contributed by atoms with van der Waals surface area (Å²) in [6, 6.07) is 5.94. The smallest absolute Gasteiger partial charge is 0.150 e. The second-order valence-electron chi connectivity index (χ2n) is 3.11. The van der Waals surface area contributed by atoms with Crippen molar-refractivity contribution in [3.63, 3.8) is 0 Å². The van der Waals surface area contributed by atoms with Crippen LogP contribution in [0.2, 0.25) is 0 Å². The average Bonchev–Trinajstić information content (AvgIpc) is 2.16. The summed E-state index contributed by atoms with van der Waals surface area (Å²) in [7, 11) is 0. The van der Waals surface area contributed by atoms with E-state index in [2.05, 4.69) is 0 Å². The predicted octanol–water partition coefficient (Wildman–Crippen LogP) is 2.98. The molecule has 0 heterocycles. The lowest BCUT2D eigenvalue weighted by atomic mass is 10.0. The monoisotopic (exact) mass is 196 g/mol. The summed E-state index contributed by atoms with van der Waals surface area (Å²) in [5.41, 5.74) is 3.02. The molecule has 1 aromatic rings. The molecule has 1 rings (SSSR count). The van der Waals surface area contributed by atoms with Crippen molar-refractivity contribution >= 4 is 17.9 Å². The van der Waals surface area contributed by atoms with Crippen molar-refractivity contribution in [2.45, 2.75) is 19.8 Å². The summed E-state index contributed by atoms with van der Waals surface area (Å²) >= 11 is 5.59. The van der Waals surface area contributed by atoms with Gasteiger partial charge in [-0.1, -0.05) is 17.7 Å². The van der Waals surface area contributed by atoms with Crippen molar-refractivity contribution in [3.05, 3.63) is 34.9 Å². The van der Waals surface area contributed by atoms with Gasteiger partial charge in [-0.05, 0) is 31.4 Å². The third-order valence-electron chi connectivity index (χ3n) is 2.01. The van der Waals surface area contributed by atoms with Crippen molar-refractivity contribution in [2.75, 3.05) is 5.88 Å². The van der Waals surface area contributed by atoms with Crippen LogP contribution >= 0.6 is 11.6 Å². The summed E-state index contributed by atoms with van der Waals surface area (Å²) in [6.45, 7) is 1.98. The minimum absolute atomic E-state index is 0.645. The highest BCUT2D eigenvalue weighted by molar-refractivity contribution is 6.17. The molecule has 0 atom stereocenters. The molecule has 0 saturated carbocycles. The fraction of sp³-hybridized carbons (Fsp3) is 0.364. The Balaban J connectivity index is 2.86. The van der Waals surface area contributed by atoms with Crippen molar-refractivity contribution in [2.24, 2.45) is 0 Å². The average molecular weight is 197 g/mol. The number of alkyl halides is 1. The fourth-order valence-corrected chi connectivity index (χ4v) is 1.44. The number of carbonyl (C=O) groups is 1. The largest absolute Gasteiger partial charge is 0.298 e. The van der Waals surface area contributed by atoms with Gasteiger partial charge in [-0.2, -0.15) is 0 Å². The van der Waals surface area contributed by atoms with E-state index in [1.54, 1.807) is 0 Å². The van der Waals surface area contributed by atoms with E-state index in [1.807, 2.05) is 25.1 Å². The number of carbonyl (C=O) groups excluding carboxylic acids is 1. The third kappa shape index (κ3) is 2.85. The van der Waals surface area contributed by atoms with Gasteiger partial charge < -0.3 is 0 Å². The number of hydrogen-bond donors (Lipinski definition) is 0. The van der Waals surface area contributed by atoms with Gasteiger partial charge in [0.2, 0.25) is 0 Å². The first-order valence-electron chi connectivity index (χ1n) is 4.38. The molecule has 0 unspecified atom stereocenters. The van der Waals surface area contributed by atoms with Crippen LogP contribution in [0, 0.1) is 6.92 Å². The quantitative estimate of drug-likeness (QED) is 0.535. The molecule has 0 spiro atoms. The standard InChI is InChI=1S/C11H13ClO/c1-9-4-5-10(3-2-6-12)11(7-9)8-13/h4-5,7-8H,2-3,6H2,1H3. The zero-order valence-corrected chi connectivity index (χ0v) is 8.47. The van der Waals surface area contributed by atoms with Crippen LogP contribution in [0.15, 0.2) is 18.2 Å². The lowest BCUT2D eigenvalue weighted by molar-refractivity contribution is 0.112. The zero-order chi connectivity index (χ0) is 9.68. The zero-order valence-electron chi connectivity index (χ0n) is 7.72. The lowest BCUT2D eigenvalue weighted by Crippen LogP contribution is -1.94.